The minimum atomic E-state index is -4.67. The average molecular weight is 421 g/mol. The molecule has 3 rings (SSSR count). The molecule has 0 spiro atoms. The Morgan fingerprint density at radius 1 is 1.27 bits per heavy atom. The van der Waals surface area contributed by atoms with Gasteiger partial charge in [0, 0.05) is 17.3 Å². The van der Waals surface area contributed by atoms with Gasteiger partial charge in [-0.05, 0) is 44.0 Å². The number of carbonyl (C=O) groups excluding carboxylic acids is 1. The second-order valence-corrected chi connectivity index (χ2v) is 7.07. The Bertz CT molecular complexity index is 1110. The molecule has 10 heteroatoms. The van der Waals surface area contributed by atoms with Crippen LogP contribution in [0.4, 0.5) is 19.0 Å². The smallest absolute Gasteiger partial charge is 0.409 e. The van der Waals surface area contributed by atoms with Gasteiger partial charge in [0.1, 0.15) is 17.6 Å². The van der Waals surface area contributed by atoms with Gasteiger partial charge in [0.15, 0.2) is 5.65 Å². The number of hydrogen-bond donors (Lipinski definition) is 2. The number of nitrogens with two attached hydrogens (primary N) is 1. The van der Waals surface area contributed by atoms with Crippen LogP contribution in [0.3, 0.4) is 0 Å². The monoisotopic (exact) mass is 421 g/mol. The number of hydrogen-bond acceptors (Lipinski definition) is 5. The molecule has 0 saturated carbocycles. The first-order valence-corrected chi connectivity index (χ1v) is 9.14. The first-order chi connectivity index (χ1) is 14.0. The third-order valence-corrected chi connectivity index (χ3v) is 4.72. The molecule has 0 saturated heterocycles. The zero-order valence-corrected chi connectivity index (χ0v) is 17.0. The van der Waals surface area contributed by atoms with Crippen LogP contribution in [0.1, 0.15) is 23.4 Å². The van der Waals surface area contributed by atoms with Gasteiger partial charge >= 0.3 is 6.18 Å². The number of methoxy groups -OCH3 is 1. The summed E-state index contributed by atoms with van der Waals surface area (Å²) in [4.78, 5) is 15.7. The number of nitrogens with one attached hydrogen (secondary N) is 1. The molecular weight excluding hydrogens is 399 g/mol. The number of nitrogens with zero attached hydrogens (tertiary/aromatic N) is 3. The van der Waals surface area contributed by atoms with Gasteiger partial charge in [-0.25, -0.2) is 4.98 Å². The third-order valence-electron chi connectivity index (χ3n) is 4.72. The molecule has 2 aromatic heterocycles. The Morgan fingerprint density at radius 2 is 1.97 bits per heavy atom. The summed E-state index contributed by atoms with van der Waals surface area (Å²) in [5.41, 5.74) is 8.97. The molecule has 0 aliphatic heterocycles. The number of primary amides is 1. The minimum absolute atomic E-state index is 0.0709. The lowest BCUT2D eigenvalue weighted by atomic mass is 10.0. The molecule has 0 fully saturated rings. The molecule has 0 bridgehead atoms. The Kier molecular flexibility index (Phi) is 5.60. The van der Waals surface area contributed by atoms with Gasteiger partial charge < -0.3 is 15.8 Å². The Balaban J connectivity index is 2.16. The van der Waals surface area contributed by atoms with Crippen LogP contribution in [0.2, 0.25) is 0 Å². The minimum Gasteiger partial charge on any atom is -0.497 e. The van der Waals surface area contributed by atoms with E-state index < -0.39 is 24.5 Å². The highest BCUT2D eigenvalue weighted by atomic mass is 19.4. The first kappa shape index (κ1) is 21.4. The zero-order valence-electron chi connectivity index (χ0n) is 17.0. The van der Waals surface area contributed by atoms with E-state index >= 15 is 0 Å². The Hall–Kier alpha value is -3.30. The summed E-state index contributed by atoms with van der Waals surface area (Å²) < 4.78 is 46.8. The van der Waals surface area contributed by atoms with E-state index in [0.29, 0.717) is 28.3 Å². The molecular formula is C20H22F3N5O2. The summed E-state index contributed by atoms with van der Waals surface area (Å²) in [7, 11) is 1.57. The van der Waals surface area contributed by atoms with E-state index in [1.165, 1.54) is 10.6 Å². The maximum atomic E-state index is 13.4. The number of aromatic nitrogens is 3. The van der Waals surface area contributed by atoms with Gasteiger partial charge in [0.05, 0.1) is 19.2 Å². The molecule has 2 heterocycles. The van der Waals surface area contributed by atoms with Crippen molar-refractivity contribution in [3.8, 4) is 16.9 Å². The number of fused-ring (bicyclic) bond motifs is 1. The van der Waals surface area contributed by atoms with Gasteiger partial charge in [-0.2, -0.15) is 22.8 Å². The molecule has 3 aromatic rings. The van der Waals surface area contributed by atoms with Crippen LogP contribution >= 0.6 is 0 Å². The summed E-state index contributed by atoms with van der Waals surface area (Å²) in [6.07, 6.45) is -5.56. The fourth-order valence-electron chi connectivity index (χ4n) is 3.33. The number of carbonyl (C=O) groups is 1. The van der Waals surface area contributed by atoms with Crippen LogP contribution in [-0.4, -0.2) is 39.8 Å². The van der Waals surface area contributed by atoms with Crippen molar-refractivity contribution in [2.45, 2.75) is 39.4 Å². The Morgan fingerprint density at radius 3 is 2.53 bits per heavy atom. The fourth-order valence-corrected chi connectivity index (χ4v) is 3.33. The van der Waals surface area contributed by atoms with Crippen molar-refractivity contribution in [1.29, 1.82) is 0 Å². The molecule has 7 nitrogen and oxygen atoms in total. The Labute approximate surface area is 171 Å². The van der Waals surface area contributed by atoms with Crippen LogP contribution < -0.4 is 15.8 Å². The molecule has 0 radical (unpaired) electrons. The lowest BCUT2D eigenvalue weighted by Gasteiger charge is -2.22. The van der Waals surface area contributed by atoms with E-state index in [0.717, 1.165) is 11.1 Å². The van der Waals surface area contributed by atoms with Crippen molar-refractivity contribution >= 4 is 17.4 Å². The van der Waals surface area contributed by atoms with Crippen LogP contribution in [0, 0.1) is 20.8 Å². The topological polar surface area (TPSA) is 94.5 Å². The van der Waals surface area contributed by atoms with E-state index in [2.05, 4.69) is 15.4 Å². The van der Waals surface area contributed by atoms with E-state index in [-0.39, 0.29) is 5.82 Å². The third kappa shape index (κ3) is 4.17. The van der Waals surface area contributed by atoms with Gasteiger partial charge in [-0.15, -0.1) is 0 Å². The van der Waals surface area contributed by atoms with E-state index in [1.54, 1.807) is 27.0 Å². The SMILES string of the molecule is COc1ccc(-c2c(C)nn3c(N[C@@H](CC(N)=O)C(F)(F)F)cc(C)nc23)c(C)c1. The summed E-state index contributed by atoms with van der Waals surface area (Å²) in [6.45, 7) is 5.34. The fraction of sp³-hybridized carbons (Fsp3) is 0.350. The second-order valence-electron chi connectivity index (χ2n) is 7.07. The van der Waals surface area contributed by atoms with Crippen molar-refractivity contribution in [1.82, 2.24) is 14.6 Å². The van der Waals surface area contributed by atoms with Crippen LogP contribution in [0.25, 0.3) is 16.8 Å². The van der Waals surface area contributed by atoms with Crippen LogP contribution in [0.15, 0.2) is 24.3 Å². The number of benzene rings is 1. The molecule has 1 aromatic carbocycles. The standard InChI is InChI=1S/C20H22F3N5O2/c1-10-7-13(30-4)5-6-14(10)18-12(3)27-28-17(8-11(2)25-19(18)28)26-15(9-16(24)29)20(21,22)23/h5-8,15,26H,9H2,1-4H3,(H2,24,29)/t15-/m0/s1. The lowest BCUT2D eigenvalue weighted by Crippen LogP contribution is -2.40. The van der Waals surface area contributed by atoms with Crippen molar-refractivity contribution in [2.75, 3.05) is 12.4 Å². The summed E-state index contributed by atoms with van der Waals surface area (Å²) >= 11 is 0. The normalized spacial score (nSPS) is 12.8. The predicted octanol–water partition coefficient (Wildman–Crippen LogP) is 3.55. The maximum absolute atomic E-state index is 13.4. The molecule has 1 atom stereocenters. The largest absolute Gasteiger partial charge is 0.497 e. The predicted molar refractivity (Wildman–Crippen MR) is 106 cm³/mol. The van der Waals surface area contributed by atoms with Crippen molar-refractivity contribution in [2.24, 2.45) is 5.73 Å². The van der Waals surface area contributed by atoms with Gasteiger partial charge in [0.25, 0.3) is 0 Å². The zero-order chi connectivity index (χ0) is 22.2. The molecule has 3 N–H and O–H groups in total. The van der Waals surface area contributed by atoms with Crippen LogP contribution in [-0.2, 0) is 4.79 Å². The maximum Gasteiger partial charge on any atom is 0.409 e. The van der Waals surface area contributed by atoms with Crippen LogP contribution in [0.5, 0.6) is 5.75 Å². The lowest BCUT2D eigenvalue weighted by molar-refractivity contribution is -0.149. The van der Waals surface area contributed by atoms with E-state index in [9.17, 15) is 18.0 Å². The van der Waals surface area contributed by atoms with Gasteiger partial charge in [0.2, 0.25) is 5.91 Å². The number of ether oxygens (including phenoxy) is 1. The highest BCUT2D eigenvalue weighted by Crippen LogP contribution is 2.34. The number of halogens is 3. The van der Waals surface area contributed by atoms with Gasteiger partial charge in [-0.1, -0.05) is 6.07 Å². The number of amides is 1. The molecule has 0 unspecified atom stereocenters. The highest BCUT2D eigenvalue weighted by Gasteiger charge is 2.41. The van der Waals surface area contributed by atoms with Gasteiger partial charge in [-0.3, -0.25) is 4.79 Å². The number of anilines is 1. The van der Waals surface area contributed by atoms with E-state index in [1.807, 2.05) is 19.1 Å². The number of aryl methyl sites for hydroxylation is 3. The number of rotatable bonds is 6. The molecule has 30 heavy (non-hydrogen) atoms. The number of alkyl halides is 3. The quantitative estimate of drug-likeness (QED) is 0.635. The summed E-state index contributed by atoms with van der Waals surface area (Å²) in [5.74, 6) is -0.295. The summed E-state index contributed by atoms with van der Waals surface area (Å²) in [6, 6.07) is 4.83. The highest BCUT2D eigenvalue weighted by molar-refractivity contribution is 5.83. The van der Waals surface area contributed by atoms with Crippen molar-refractivity contribution in [3.05, 3.63) is 41.2 Å². The molecule has 1 amide bonds. The first-order valence-electron chi connectivity index (χ1n) is 9.14. The molecule has 160 valence electrons. The summed E-state index contributed by atoms with van der Waals surface area (Å²) in [5, 5.41) is 6.78. The second kappa shape index (κ2) is 7.85. The van der Waals surface area contributed by atoms with E-state index in [4.69, 9.17) is 10.5 Å². The molecule has 0 aliphatic carbocycles. The van der Waals surface area contributed by atoms with Crippen molar-refractivity contribution in [3.63, 3.8) is 0 Å². The van der Waals surface area contributed by atoms with Crippen molar-refractivity contribution < 1.29 is 22.7 Å². The molecule has 0 aliphatic rings. The average Bonchev–Trinajstić information content (AvgIpc) is 2.96.